The first-order valence-electron chi connectivity index (χ1n) is 9.40. The lowest BCUT2D eigenvalue weighted by Crippen LogP contribution is -2.27. The molecule has 2 aromatic carbocycles. The van der Waals surface area contributed by atoms with Crippen LogP contribution in [-0.2, 0) is 6.54 Å². The highest BCUT2D eigenvalue weighted by molar-refractivity contribution is 6.02. The van der Waals surface area contributed by atoms with Gasteiger partial charge < -0.3 is 24.8 Å². The van der Waals surface area contributed by atoms with Gasteiger partial charge in [-0.05, 0) is 36.4 Å². The first-order chi connectivity index (χ1) is 15.0. The zero-order chi connectivity index (χ0) is 22.2. The van der Waals surface area contributed by atoms with Crippen molar-refractivity contribution in [3.8, 4) is 17.2 Å². The molecule has 0 bridgehead atoms. The number of ether oxygens (including phenoxy) is 3. The molecule has 0 aliphatic heterocycles. The summed E-state index contributed by atoms with van der Waals surface area (Å²) >= 11 is 0. The van der Waals surface area contributed by atoms with Crippen LogP contribution in [0.1, 0.15) is 20.8 Å². The Kier molecular flexibility index (Phi) is 7.05. The minimum atomic E-state index is -0.387. The van der Waals surface area contributed by atoms with Crippen LogP contribution in [0.4, 0.5) is 5.69 Å². The molecule has 3 aromatic rings. The summed E-state index contributed by atoms with van der Waals surface area (Å²) in [5.41, 5.74) is 1.14. The smallest absolute Gasteiger partial charge is 0.277 e. The maximum atomic E-state index is 12.5. The molecule has 0 saturated heterocycles. The molecule has 0 spiro atoms. The quantitative estimate of drug-likeness (QED) is 0.538. The van der Waals surface area contributed by atoms with Gasteiger partial charge in [-0.1, -0.05) is 11.3 Å². The Labute approximate surface area is 179 Å². The lowest BCUT2D eigenvalue weighted by Gasteiger charge is -2.12. The van der Waals surface area contributed by atoms with Crippen molar-refractivity contribution < 1.29 is 23.8 Å². The Morgan fingerprint density at radius 1 is 0.968 bits per heavy atom. The third-order valence-corrected chi connectivity index (χ3v) is 4.39. The number of para-hydroxylation sites is 1. The molecule has 2 amide bonds. The van der Waals surface area contributed by atoms with Crippen LogP contribution in [0.3, 0.4) is 0 Å². The van der Waals surface area contributed by atoms with Crippen LogP contribution in [0, 0.1) is 0 Å². The van der Waals surface area contributed by atoms with Gasteiger partial charge in [-0.15, -0.1) is 5.10 Å². The van der Waals surface area contributed by atoms with Gasteiger partial charge in [0.25, 0.3) is 11.8 Å². The Hall–Kier alpha value is -4.08. The van der Waals surface area contributed by atoms with E-state index in [2.05, 4.69) is 20.9 Å². The minimum Gasteiger partial charge on any atom is -0.497 e. The number of nitrogens with one attached hydrogen (secondary N) is 2. The summed E-state index contributed by atoms with van der Waals surface area (Å²) in [5, 5.41) is 13.3. The van der Waals surface area contributed by atoms with Crippen molar-refractivity contribution in [2.45, 2.75) is 6.54 Å². The van der Waals surface area contributed by atoms with E-state index in [-0.39, 0.29) is 24.1 Å². The standard InChI is InChI=1S/C21H23N5O5/c1-29-15-9-7-14(8-10-15)23-21(28)17-13-26(25-24-17)12-11-22-20(27)16-5-4-6-18(30-2)19(16)31-3/h4-10,13H,11-12H2,1-3H3,(H,22,27)(H,23,28). The lowest BCUT2D eigenvalue weighted by molar-refractivity contribution is 0.0947. The number of hydrogen-bond donors (Lipinski definition) is 2. The van der Waals surface area contributed by atoms with E-state index in [1.54, 1.807) is 49.6 Å². The fourth-order valence-electron chi connectivity index (χ4n) is 2.83. The molecule has 1 aromatic heterocycles. The average molecular weight is 425 g/mol. The summed E-state index contributed by atoms with van der Waals surface area (Å²) in [4.78, 5) is 24.8. The second-order valence-electron chi connectivity index (χ2n) is 6.35. The SMILES string of the molecule is COc1ccc(NC(=O)c2cn(CCNC(=O)c3cccc(OC)c3OC)nn2)cc1. The van der Waals surface area contributed by atoms with E-state index in [4.69, 9.17) is 14.2 Å². The van der Waals surface area contributed by atoms with Crippen molar-refractivity contribution in [3.63, 3.8) is 0 Å². The van der Waals surface area contributed by atoms with Crippen LogP contribution < -0.4 is 24.8 Å². The van der Waals surface area contributed by atoms with Gasteiger partial charge in [0.2, 0.25) is 0 Å². The van der Waals surface area contributed by atoms with Gasteiger partial charge in [0, 0.05) is 12.2 Å². The number of amides is 2. The van der Waals surface area contributed by atoms with Gasteiger partial charge in [0.05, 0.1) is 39.6 Å². The molecule has 0 aliphatic carbocycles. The van der Waals surface area contributed by atoms with Crippen LogP contribution in [0.2, 0.25) is 0 Å². The normalized spacial score (nSPS) is 10.3. The molecule has 0 aliphatic rings. The molecule has 1 heterocycles. The van der Waals surface area contributed by atoms with Crippen molar-refractivity contribution in [2.24, 2.45) is 0 Å². The highest BCUT2D eigenvalue weighted by Crippen LogP contribution is 2.30. The van der Waals surface area contributed by atoms with Crippen LogP contribution in [0.15, 0.2) is 48.7 Å². The van der Waals surface area contributed by atoms with Crippen molar-refractivity contribution in [1.82, 2.24) is 20.3 Å². The summed E-state index contributed by atoms with van der Waals surface area (Å²) in [5.74, 6) is 0.826. The maximum Gasteiger partial charge on any atom is 0.277 e. The minimum absolute atomic E-state index is 0.164. The first kappa shape index (κ1) is 21.6. The molecule has 10 nitrogen and oxygen atoms in total. The monoisotopic (exact) mass is 425 g/mol. The summed E-state index contributed by atoms with van der Waals surface area (Å²) < 4.78 is 17.1. The number of nitrogens with zero attached hydrogens (tertiary/aromatic N) is 3. The summed E-state index contributed by atoms with van der Waals surface area (Å²) in [6.07, 6.45) is 1.51. The predicted octanol–water partition coefficient (Wildman–Crippen LogP) is 1.99. The second kappa shape index (κ2) is 10.1. The fraction of sp³-hybridized carbons (Fsp3) is 0.238. The molecule has 0 saturated carbocycles. The summed E-state index contributed by atoms with van der Waals surface area (Å²) in [7, 11) is 4.55. The van der Waals surface area contributed by atoms with Crippen LogP contribution in [0.25, 0.3) is 0 Å². The topological polar surface area (TPSA) is 117 Å². The predicted molar refractivity (Wildman–Crippen MR) is 113 cm³/mol. The molecular weight excluding hydrogens is 402 g/mol. The van der Waals surface area contributed by atoms with Crippen molar-refractivity contribution in [2.75, 3.05) is 33.2 Å². The Balaban J connectivity index is 1.54. The molecular formula is C21H23N5O5. The highest BCUT2D eigenvalue weighted by atomic mass is 16.5. The second-order valence-corrected chi connectivity index (χ2v) is 6.35. The van der Waals surface area contributed by atoms with E-state index in [1.165, 1.54) is 25.1 Å². The van der Waals surface area contributed by atoms with Crippen molar-refractivity contribution in [3.05, 3.63) is 59.9 Å². The van der Waals surface area contributed by atoms with E-state index in [1.807, 2.05) is 0 Å². The maximum absolute atomic E-state index is 12.5. The van der Waals surface area contributed by atoms with E-state index in [9.17, 15) is 9.59 Å². The summed E-state index contributed by atoms with van der Waals surface area (Å²) in [6, 6.07) is 12.0. The van der Waals surface area contributed by atoms with E-state index >= 15 is 0 Å². The number of rotatable bonds is 9. The first-order valence-corrected chi connectivity index (χ1v) is 9.40. The van der Waals surface area contributed by atoms with E-state index in [0.29, 0.717) is 35.0 Å². The third kappa shape index (κ3) is 5.30. The largest absolute Gasteiger partial charge is 0.497 e. The van der Waals surface area contributed by atoms with Crippen LogP contribution >= 0.6 is 0 Å². The zero-order valence-corrected chi connectivity index (χ0v) is 17.4. The van der Waals surface area contributed by atoms with Crippen LogP contribution in [0.5, 0.6) is 17.2 Å². The van der Waals surface area contributed by atoms with Crippen LogP contribution in [-0.4, -0.2) is 54.7 Å². The van der Waals surface area contributed by atoms with E-state index < -0.39 is 0 Å². The van der Waals surface area contributed by atoms with Gasteiger partial charge in [-0.2, -0.15) is 0 Å². The lowest BCUT2D eigenvalue weighted by atomic mass is 10.1. The Morgan fingerprint density at radius 3 is 2.42 bits per heavy atom. The molecule has 0 radical (unpaired) electrons. The Morgan fingerprint density at radius 2 is 1.74 bits per heavy atom. The summed E-state index contributed by atoms with van der Waals surface area (Å²) in [6.45, 7) is 0.614. The highest BCUT2D eigenvalue weighted by Gasteiger charge is 2.16. The van der Waals surface area contributed by atoms with Gasteiger partial charge >= 0.3 is 0 Å². The van der Waals surface area contributed by atoms with E-state index in [0.717, 1.165) is 0 Å². The van der Waals surface area contributed by atoms with Gasteiger partial charge in [0.1, 0.15) is 5.75 Å². The molecule has 2 N–H and O–H groups in total. The van der Waals surface area contributed by atoms with Crippen molar-refractivity contribution in [1.29, 1.82) is 0 Å². The third-order valence-electron chi connectivity index (χ3n) is 4.39. The van der Waals surface area contributed by atoms with Gasteiger partial charge in [0.15, 0.2) is 17.2 Å². The molecule has 0 unspecified atom stereocenters. The number of methoxy groups -OCH3 is 3. The zero-order valence-electron chi connectivity index (χ0n) is 17.4. The van der Waals surface area contributed by atoms with Crippen molar-refractivity contribution >= 4 is 17.5 Å². The number of aromatic nitrogens is 3. The number of carbonyl (C=O) groups excluding carboxylic acids is 2. The molecule has 3 rings (SSSR count). The fourth-order valence-corrected chi connectivity index (χ4v) is 2.83. The number of hydrogen-bond acceptors (Lipinski definition) is 7. The molecule has 10 heteroatoms. The Bertz CT molecular complexity index is 1050. The van der Waals surface area contributed by atoms with Gasteiger partial charge in [-0.25, -0.2) is 4.68 Å². The average Bonchev–Trinajstić information content (AvgIpc) is 3.28. The molecule has 162 valence electrons. The number of anilines is 1. The molecule has 0 fully saturated rings. The van der Waals surface area contributed by atoms with Gasteiger partial charge in [-0.3, -0.25) is 9.59 Å². The number of carbonyl (C=O) groups is 2. The molecule has 31 heavy (non-hydrogen) atoms. The molecule has 0 atom stereocenters. The number of benzene rings is 2.